The van der Waals surface area contributed by atoms with Gasteiger partial charge in [0.05, 0.1) is 5.52 Å². The number of ether oxygens (including phenoxy) is 1. The summed E-state index contributed by atoms with van der Waals surface area (Å²) in [6.07, 6.45) is -4.72. The summed E-state index contributed by atoms with van der Waals surface area (Å²) >= 11 is 3.45. The van der Waals surface area contributed by atoms with Gasteiger partial charge >= 0.3 is 6.36 Å². The number of hydrogen-bond acceptors (Lipinski definition) is 3. The van der Waals surface area contributed by atoms with E-state index in [1.54, 1.807) is 23.7 Å². The number of halogens is 4. The van der Waals surface area contributed by atoms with Crippen LogP contribution >= 0.6 is 15.9 Å². The third-order valence-electron chi connectivity index (χ3n) is 4.01. The number of anilines is 1. The maximum absolute atomic E-state index is 12.3. The number of benzene rings is 2. The summed E-state index contributed by atoms with van der Waals surface area (Å²) in [5.41, 5.74) is 2.27. The van der Waals surface area contributed by atoms with E-state index < -0.39 is 6.36 Å². The highest BCUT2D eigenvalue weighted by Gasteiger charge is 2.31. The summed E-state index contributed by atoms with van der Waals surface area (Å²) in [5.74, 6) is 0.315. The molecular weight excluding hydrogens is 425 g/mol. The minimum atomic E-state index is -4.72. The number of aromatic nitrogens is 2. The van der Waals surface area contributed by atoms with Crippen molar-refractivity contribution in [1.29, 1.82) is 0 Å². The Balaban J connectivity index is 1.95. The number of hydrogen-bond donors (Lipinski definition) is 0. The van der Waals surface area contributed by atoms with Gasteiger partial charge in [0.2, 0.25) is 0 Å². The van der Waals surface area contributed by atoms with Crippen molar-refractivity contribution in [2.45, 2.75) is 6.36 Å². The molecule has 0 bridgehead atoms. The van der Waals surface area contributed by atoms with Crippen LogP contribution in [-0.2, 0) is 7.05 Å². The van der Waals surface area contributed by atoms with Gasteiger partial charge in [0, 0.05) is 36.7 Å². The van der Waals surface area contributed by atoms with Crippen LogP contribution in [0.1, 0.15) is 5.69 Å². The van der Waals surface area contributed by atoms with Crippen molar-refractivity contribution < 1.29 is 17.9 Å². The zero-order valence-electron chi connectivity index (χ0n) is 14.8. The molecule has 0 aliphatic rings. The van der Waals surface area contributed by atoms with Crippen molar-refractivity contribution in [3.8, 4) is 5.75 Å². The van der Waals surface area contributed by atoms with Crippen molar-refractivity contribution in [2.24, 2.45) is 12.0 Å². The summed E-state index contributed by atoms with van der Waals surface area (Å²) in [6.45, 7) is 0. The predicted octanol–water partition coefficient (Wildman–Crippen LogP) is 4.75. The van der Waals surface area contributed by atoms with E-state index in [-0.39, 0.29) is 5.75 Å². The van der Waals surface area contributed by atoms with Gasteiger partial charge in [-0.25, -0.2) is 0 Å². The first-order chi connectivity index (χ1) is 12.7. The van der Waals surface area contributed by atoms with Crippen molar-refractivity contribution >= 4 is 38.4 Å². The number of rotatable bonds is 3. The van der Waals surface area contributed by atoms with E-state index >= 15 is 0 Å². The molecule has 1 aromatic heterocycles. The Morgan fingerprint density at radius 3 is 2.44 bits per heavy atom. The average Bonchev–Trinajstić information content (AvgIpc) is 2.91. The van der Waals surface area contributed by atoms with Crippen LogP contribution in [0.5, 0.6) is 5.75 Å². The van der Waals surface area contributed by atoms with Crippen molar-refractivity contribution in [3.05, 3.63) is 52.6 Å². The van der Waals surface area contributed by atoms with Crippen molar-refractivity contribution in [1.82, 2.24) is 9.78 Å². The molecule has 27 heavy (non-hydrogen) atoms. The third-order valence-corrected chi connectivity index (χ3v) is 4.51. The van der Waals surface area contributed by atoms with Gasteiger partial charge in [-0.05, 0) is 42.5 Å². The number of alkyl halides is 3. The van der Waals surface area contributed by atoms with Gasteiger partial charge in [0.1, 0.15) is 11.4 Å². The van der Waals surface area contributed by atoms with Crippen LogP contribution in [0.25, 0.3) is 10.9 Å². The molecule has 1 heterocycles. The lowest BCUT2D eigenvalue weighted by atomic mass is 10.2. The molecule has 0 spiro atoms. The van der Waals surface area contributed by atoms with Crippen LogP contribution in [-0.4, -0.2) is 36.1 Å². The number of amidine groups is 1. The van der Waals surface area contributed by atoms with Gasteiger partial charge in [0.25, 0.3) is 0 Å². The van der Waals surface area contributed by atoms with E-state index in [1.165, 1.54) is 24.3 Å². The highest BCUT2D eigenvalue weighted by atomic mass is 79.9. The number of fused-ring (bicyclic) bond motifs is 1. The minimum absolute atomic E-state index is 0.275. The fourth-order valence-corrected chi connectivity index (χ4v) is 3.15. The van der Waals surface area contributed by atoms with E-state index in [4.69, 9.17) is 0 Å². The predicted molar refractivity (Wildman–Crippen MR) is 102 cm³/mol. The highest BCUT2D eigenvalue weighted by molar-refractivity contribution is 9.10. The van der Waals surface area contributed by atoms with Gasteiger partial charge in [-0.3, -0.25) is 9.67 Å². The standard InChI is InChI=1S/C18H16BrF3N4O/c1-23-17(16-14-9-4-11(19)10-15(14)26(3)24-16)25(2)12-5-7-13(8-6-12)27-18(20,21)22/h4-10H,1-3H3. The maximum atomic E-state index is 12.3. The largest absolute Gasteiger partial charge is 0.573 e. The molecule has 0 atom stereocenters. The second-order valence-corrected chi connectivity index (χ2v) is 6.70. The van der Waals surface area contributed by atoms with Gasteiger partial charge in [-0.2, -0.15) is 5.10 Å². The van der Waals surface area contributed by atoms with Gasteiger partial charge < -0.3 is 9.64 Å². The minimum Gasteiger partial charge on any atom is -0.406 e. The summed E-state index contributed by atoms with van der Waals surface area (Å²) in [6, 6.07) is 11.4. The van der Waals surface area contributed by atoms with E-state index in [0.717, 1.165) is 15.4 Å². The second kappa shape index (κ2) is 7.22. The Bertz CT molecular complexity index is 996. The summed E-state index contributed by atoms with van der Waals surface area (Å²) in [7, 11) is 5.27. The van der Waals surface area contributed by atoms with Crippen LogP contribution in [0.2, 0.25) is 0 Å². The normalized spacial score (nSPS) is 12.5. The molecule has 3 aromatic rings. The summed E-state index contributed by atoms with van der Waals surface area (Å²) in [4.78, 5) is 6.11. The highest BCUT2D eigenvalue weighted by Crippen LogP contribution is 2.27. The molecule has 0 saturated heterocycles. The zero-order chi connectivity index (χ0) is 19.8. The Morgan fingerprint density at radius 2 is 1.85 bits per heavy atom. The van der Waals surface area contributed by atoms with E-state index in [1.807, 2.05) is 25.2 Å². The Hall–Kier alpha value is -2.55. The SMILES string of the molecule is CN=C(c1nn(C)c2cc(Br)ccc12)N(C)c1ccc(OC(F)(F)F)cc1. The molecule has 0 radical (unpaired) electrons. The molecule has 0 aliphatic carbocycles. The third kappa shape index (κ3) is 4.08. The molecule has 0 N–H and O–H groups in total. The molecule has 0 fully saturated rings. The molecule has 142 valence electrons. The summed E-state index contributed by atoms with van der Waals surface area (Å²) < 4.78 is 43.6. The van der Waals surface area contributed by atoms with Gasteiger partial charge in [-0.1, -0.05) is 15.9 Å². The number of nitrogens with zero attached hydrogens (tertiary/aromatic N) is 4. The molecule has 9 heteroatoms. The van der Waals surface area contributed by atoms with Crippen LogP contribution in [0.15, 0.2) is 51.9 Å². The molecule has 5 nitrogen and oxygen atoms in total. The Labute approximate surface area is 162 Å². The quantitative estimate of drug-likeness (QED) is 0.436. The van der Waals surface area contributed by atoms with Crippen LogP contribution in [0.3, 0.4) is 0 Å². The molecule has 0 unspecified atom stereocenters. The summed E-state index contributed by atoms with van der Waals surface area (Å²) in [5, 5.41) is 5.49. The first-order valence-electron chi connectivity index (χ1n) is 7.88. The van der Waals surface area contributed by atoms with E-state index in [9.17, 15) is 13.2 Å². The smallest absolute Gasteiger partial charge is 0.406 e. The molecule has 0 amide bonds. The molecular formula is C18H16BrF3N4O. The first-order valence-corrected chi connectivity index (χ1v) is 8.68. The van der Waals surface area contributed by atoms with Crippen molar-refractivity contribution in [3.63, 3.8) is 0 Å². The monoisotopic (exact) mass is 440 g/mol. The lowest BCUT2D eigenvalue weighted by Gasteiger charge is -2.20. The lowest BCUT2D eigenvalue weighted by molar-refractivity contribution is -0.274. The fraction of sp³-hybridized carbons (Fsp3) is 0.222. The topological polar surface area (TPSA) is 42.7 Å². The molecule has 2 aromatic carbocycles. The fourth-order valence-electron chi connectivity index (χ4n) is 2.80. The Morgan fingerprint density at radius 1 is 1.19 bits per heavy atom. The average molecular weight is 441 g/mol. The van der Waals surface area contributed by atoms with Gasteiger partial charge in [0.15, 0.2) is 5.84 Å². The second-order valence-electron chi connectivity index (χ2n) is 5.78. The van der Waals surface area contributed by atoms with E-state index in [0.29, 0.717) is 17.2 Å². The Kier molecular flexibility index (Phi) is 5.14. The molecule has 0 saturated carbocycles. The van der Waals surface area contributed by atoms with Crippen LogP contribution < -0.4 is 9.64 Å². The lowest BCUT2D eigenvalue weighted by Crippen LogP contribution is -2.28. The van der Waals surface area contributed by atoms with Crippen LogP contribution in [0.4, 0.5) is 18.9 Å². The van der Waals surface area contributed by atoms with Gasteiger partial charge in [-0.15, -0.1) is 13.2 Å². The number of aryl methyl sites for hydroxylation is 1. The van der Waals surface area contributed by atoms with E-state index in [2.05, 4.69) is 30.8 Å². The molecule has 0 aliphatic heterocycles. The van der Waals surface area contributed by atoms with Crippen molar-refractivity contribution in [2.75, 3.05) is 19.0 Å². The number of aliphatic imine (C=N–C) groups is 1. The van der Waals surface area contributed by atoms with Crippen LogP contribution in [0, 0.1) is 0 Å². The first kappa shape index (κ1) is 19.2. The zero-order valence-corrected chi connectivity index (χ0v) is 16.3. The molecule has 3 rings (SSSR count). The maximum Gasteiger partial charge on any atom is 0.573 e.